The fourth-order valence-electron chi connectivity index (χ4n) is 9.03. The number of benzene rings is 2. The molecule has 2 aliphatic rings. The molecule has 8 amide bonds. The Morgan fingerprint density at radius 2 is 1.01 bits per heavy atom. The van der Waals surface area contributed by atoms with Crippen LogP contribution in [0.15, 0.2) is 60.9 Å². The molecule has 2 aromatic heterocycles. The normalized spacial score (nSPS) is 26.2. The van der Waals surface area contributed by atoms with E-state index in [1.54, 1.807) is 76.2 Å². The molecule has 4 heterocycles. The van der Waals surface area contributed by atoms with Gasteiger partial charge in [-0.25, -0.2) is 19.6 Å². The van der Waals surface area contributed by atoms with Crippen LogP contribution in [0.5, 0.6) is 0 Å². The third-order valence-corrected chi connectivity index (χ3v) is 16.7. The Balaban J connectivity index is 1.45. The minimum atomic E-state index is -2.39. The van der Waals surface area contributed by atoms with Gasteiger partial charge in [0.25, 0.3) is 11.8 Å². The number of rotatable bonds is 7. The number of hydrogen-bond donors (Lipinski definition) is 4. The van der Waals surface area contributed by atoms with E-state index in [4.69, 9.17) is 9.47 Å². The molecule has 0 saturated carbocycles. The van der Waals surface area contributed by atoms with E-state index < -0.39 is 154 Å². The number of carbonyl (C=O) groups is 10. The number of nitrogens with zero attached hydrogens (tertiary/aromatic N) is 8. The van der Waals surface area contributed by atoms with Gasteiger partial charge >= 0.3 is 11.9 Å². The van der Waals surface area contributed by atoms with Crippen LogP contribution in [0.25, 0.3) is 22.1 Å². The molecule has 6 rings (SSSR count). The van der Waals surface area contributed by atoms with E-state index >= 15 is 13.8 Å². The van der Waals surface area contributed by atoms with Crippen LogP contribution in [-0.2, 0) is 58.6 Å². The van der Waals surface area contributed by atoms with Crippen LogP contribution in [0.4, 0.5) is 0 Å². The minimum Gasteiger partial charge on any atom is -0.461 e. The van der Waals surface area contributed by atoms with Crippen LogP contribution in [0, 0.1) is 11.8 Å². The van der Waals surface area contributed by atoms with E-state index in [1.807, 2.05) is 0 Å². The molecular weight excluding hydrogens is 1050 g/mol. The Kier molecular flexibility index (Phi) is 19.6. The van der Waals surface area contributed by atoms with Crippen LogP contribution >= 0.6 is 11.8 Å². The largest absolute Gasteiger partial charge is 0.461 e. The Morgan fingerprint density at radius 1 is 0.615 bits per heavy atom. The smallest absolute Gasteiger partial charge is 0.329 e. The number of cyclic esters (lactones) is 2. The molecule has 2 bridgehead atoms. The van der Waals surface area contributed by atoms with Crippen molar-refractivity contribution >= 4 is 104 Å². The van der Waals surface area contributed by atoms with E-state index in [1.165, 1.54) is 60.7 Å². The van der Waals surface area contributed by atoms with Crippen molar-refractivity contribution in [2.24, 2.45) is 11.8 Å². The number of aromatic nitrogens is 4. The van der Waals surface area contributed by atoms with E-state index in [0.717, 1.165) is 31.4 Å². The summed E-state index contributed by atoms with van der Waals surface area (Å²) in [5, 5.41) is 10.0. The average Bonchev–Trinajstić information content (AvgIpc) is 3.42. The average molecular weight is 1120 g/mol. The van der Waals surface area contributed by atoms with Gasteiger partial charge in [-0.05, 0) is 56.2 Å². The summed E-state index contributed by atoms with van der Waals surface area (Å²) in [5.41, 5.74) is 1.25. The predicted molar refractivity (Wildman–Crippen MR) is 285 cm³/mol. The molecule has 0 radical (unpaired) electrons. The van der Waals surface area contributed by atoms with E-state index in [0.29, 0.717) is 22.1 Å². The number of fused-ring (bicyclic) bond motifs is 6. The van der Waals surface area contributed by atoms with Crippen molar-refractivity contribution in [2.45, 2.75) is 94.5 Å². The molecule has 4 N–H and O–H groups in total. The predicted octanol–water partition coefficient (Wildman–Crippen LogP) is -0.349. The molecule has 1 unspecified atom stereocenters. The molecule has 2 aliphatic heterocycles. The van der Waals surface area contributed by atoms with Crippen LogP contribution in [0.2, 0.25) is 0 Å². The molecule has 2 saturated heterocycles. The van der Waals surface area contributed by atoms with Crippen molar-refractivity contribution in [2.75, 3.05) is 53.4 Å². The van der Waals surface area contributed by atoms with Crippen LogP contribution < -0.4 is 21.3 Å². The molecular formula is C51H64N12O13S2. The topological polar surface area (TPSA) is 319 Å². The van der Waals surface area contributed by atoms with E-state index in [-0.39, 0.29) is 11.4 Å². The Bertz CT molecular complexity index is 3020. The summed E-state index contributed by atoms with van der Waals surface area (Å²) < 4.78 is 25.1. The maximum Gasteiger partial charge on any atom is 0.329 e. The fourth-order valence-corrected chi connectivity index (χ4v) is 12.1. The van der Waals surface area contributed by atoms with Crippen molar-refractivity contribution in [3.63, 3.8) is 0 Å². The molecule has 0 spiro atoms. The standard InChI is InChI=1S/C51H64N12O13S2/c1-25(2)38-49(72)75-22-36(59-42(65)34-21-53-30-17-13-15-19-32(30)57-34)44(67)55-28(6)46(69)63(10)40-48(71)62(9)39(26(3)4)50(73)76-23-35(58-41(64)33-20-52-29-16-12-14-18-31(29)56-33)43(66)54-27(5)45(68)60(7)37(47(70)61(38)8)24-78(74)51(40)77-11/h12-21,25-28,35-40,51H,22-24H2,1-11H3,(H,54,66)(H,55,67)(H,58,64)(H,59,65)/t27-,28-,35+,36+,37-,38-,39-,40?,51-,78+/m0/s1. The van der Waals surface area contributed by atoms with E-state index in [9.17, 15) is 38.4 Å². The highest BCUT2D eigenvalue weighted by atomic mass is 32.2. The van der Waals surface area contributed by atoms with Gasteiger partial charge in [0.2, 0.25) is 35.4 Å². The highest BCUT2D eigenvalue weighted by molar-refractivity contribution is 8.11. The third kappa shape index (κ3) is 13.3. The molecule has 27 heteroatoms. The molecule has 10 atom stereocenters. The number of carbonyl (C=O) groups excluding carboxylic acids is 10. The molecule has 2 aromatic carbocycles. The summed E-state index contributed by atoms with van der Waals surface area (Å²) in [6, 6.07) is 0.607. The van der Waals surface area contributed by atoms with Gasteiger partial charge in [0.1, 0.15) is 77.5 Å². The number of ether oxygens (including phenoxy) is 2. The first-order valence-corrected chi connectivity index (χ1v) is 27.5. The SMILES string of the molecule is CS[C@@H]1C2C(=O)N(C)[C@@H](C(C)C)C(=O)OC[C@@H](NC(=O)c3cnc4ccccc4n3)C(=O)N[C@@H](C)C(=O)N(C)[C@@H](C[S@]1=O)C(=O)N(C)[C@@H](C(C)C)C(=O)OC[C@@H](NC(=O)c1cnc3ccccc3n1)C(=O)N[C@@H](C)C(=O)N2C. The number of para-hydroxylation sites is 4. The fraction of sp³-hybridized carbons (Fsp3) is 0.490. The second-order valence-electron chi connectivity index (χ2n) is 19.5. The Hall–Kier alpha value is -7.68. The second kappa shape index (κ2) is 25.6. The van der Waals surface area contributed by atoms with Crippen LogP contribution in [0.3, 0.4) is 0 Å². The van der Waals surface area contributed by atoms with Gasteiger partial charge in [-0.2, -0.15) is 0 Å². The summed E-state index contributed by atoms with van der Waals surface area (Å²) in [6.45, 7) is 7.26. The lowest BCUT2D eigenvalue weighted by Gasteiger charge is -2.39. The van der Waals surface area contributed by atoms with Crippen molar-refractivity contribution in [1.82, 2.24) is 60.8 Å². The number of hydrogen-bond acceptors (Lipinski definition) is 18. The summed E-state index contributed by atoms with van der Waals surface area (Å²) in [7, 11) is 2.54. The minimum absolute atomic E-state index is 0.209. The number of likely N-dealkylation sites (N-methyl/N-ethyl adjacent to an activating group) is 4. The highest BCUT2D eigenvalue weighted by Crippen LogP contribution is 2.27. The van der Waals surface area contributed by atoms with Gasteiger partial charge in [0.05, 0.1) is 40.2 Å². The van der Waals surface area contributed by atoms with Gasteiger partial charge in [-0.15, -0.1) is 11.8 Å². The van der Waals surface area contributed by atoms with Crippen LogP contribution in [-0.4, -0.2) is 209 Å². The van der Waals surface area contributed by atoms with Gasteiger partial charge < -0.3 is 50.3 Å². The summed E-state index contributed by atoms with van der Waals surface area (Å²) in [5.74, 6) is -11.9. The summed E-state index contributed by atoms with van der Waals surface area (Å²) >= 11 is 0.873. The first-order chi connectivity index (χ1) is 36.9. The third-order valence-electron chi connectivity index (χ3n) is 13.3. The molecule has 25 nitrogen and oxygen atoms in total. The first kappa shape index (κ1) is 59.6. The number of esters is 2. The van der Waals surface area contributed by atoms with Crippen LogP contribution in [0.1, 0.15) is 62.5 Å². The van der Waals surface area contributed by atoms with Crippen molar-refractivity contribution in [3.8, 4) is 0 Å². The quantitative estimate of drug-likeness (QED) is 0.172. The monoisotopic (exact) mass is 1120 g/mol. The Morgan fingerprint density at radius 3 is 1.42 bits per heavy atom. The van der Waals surface area contributed by atoms with Gasteiger partial charge in [0, 0.05) is 39.0 Å². The molecule has 0 aliphatic carbocycles. The number of thioether (sulfide) groups is 1. The lowest BCUT2D eigenvalue weighted by atomic mass is 10.0. The number of nitrogens with one attached hydrogen (secondary N) is 4. The summed E-state index contributed by atoms with van der Waals surface area (Å²) in [6.07, 6.45) is 3.86. The Labute approximate surface area is 456 Å². The van der Waals surface area contributed by atoms with Crippen molar-refractivity contribution in [3.05, 3.63) is 72.3 Å². The molecule has 4 aromatic rings. The van der Waals surface area contributed by atoms with Crippen molar-refractivity contribution in [1.29, 1.82) is 0 Å². The zero-order chi connectivity index (χ0) is 57.4. The number of amides is 8. The highest BCUT2D eigenvalue weighted by Gasteiger charge is 2.47. The zero-order valence-electron chi connectivity index (χ0n) is 44.9. The van der Waals surface area contributed by atoms with Gasteiger partial charge in [0.15, 0.2) is 0 Å². The second-order valence-corrected chi connectivity index (χ2v) is 22.4. The molecule has 2 fully saturated rings. The molecule has 418 valence electrons. The maximum atomic E-state index is 15.3. The lowest BCUT2D eigenvalue weighted by Crippen LogP contribution is -2.62. The van der Waals surface area contributed by atoms with E-state index in [2.05, 4.69) is 41.2 Å². The van der Waals surface area contributed by atoms with Gasteiger partial charge in [-0.3, -0.25) is 52.5 Å². The summed E-state index contributed by atoms with van der Waals surface area (Å²) in [4.78, 5) is 165. The maximum absolute atomic E-state index is 15.3. The zero-order valence-corrected chi connectivity index (χ0v) is 46.6. The van der Waals surface area contributed by atoms with Gasteiger partial charge in [-0.1, -0.05) is 52.0 Å². The van der Waals surface area contributed by atoms with Crippen molar-refractivity contribution < 1.29 is 61.6 Å². The molecule has 78 heavy (non-hydrogen) atoms. The lowest BCUT2D eigenvalue weighted by molar-refractivity contribution is -0.160. The first-order valence-electron chi connectivity index (χ1n) is 24.8.